The molecule has 1 heterocycles. The SMILES string of the molecule is COc1ccc(-n2c(C)ccc(CN)c2=O)c(OC)c1. The van der Waals surface area contributed by atoms with Crippen LogP contribution in [0.1, 0.15) is 11.3 Å². The Bertz CT molecular complexity index is 677. The minimum absolute atomic E-state index is 0.129. The van der Waals surface area contributed by atoms with E-state index in [0.29, 0.717) is 22.7 Å². The molecule has 5 heteroatoms. The number of nitrogens with zero attached hydrogens (tertiary/aromatic N) is 1. The van der Waals surface area contributed by atoms with Crippen LogP contribution in [-0.2, 0) is 6.54 Å². The predicted molar refractivity (Wildman–Crippen MR) is 77.8 cm³/mol. The van der Waals surface area contributed by atoms with Gasteiger partial charge in [-0.15, -0.1) is 0 Å². The van der Waals surface area contributed by atoms with E-state index < -0.39 is 0 Å². The van der Waals surface area contributed by atoms with Crippen LogP contribution in [-0.4, -0.2) is 18.8 Å². The van der Waals surface area contributed by atoms with Gasteiger partial charge in [0, 0.05) is 23.9 Å². The number of hydrogen-bond donors (Lipinski definition) is 1. The average Bonchev–Trinajstić information content (AvgIpc) is 2.47. The fourth-order valence-electron chi connectivity index (χ4n) is 2.10. The monoisotopic (exact) mass is 274 g/mol. The molecule has 2 rings (SSSR count). The van der Waals surface area contributed by atoms with Crippen LogP contribution in [0.5, 0.6) is 11.5 Å². The number of aromatic nitrogens is 1. The molecule has 1 aromatic carbocycles. The maximum atomic E-state index is 12.4. The molecule has 0 saturated heterocycles. The summed E-state index contributed by atoms with van der Waals surface area (Å²) in [4.78, 5) is 12.4. The van der Waals surface area contributed by atoms with Gasteiger partial charge in [0.1, 0.15) is 11.5 Å². The van der Waals surface area contributed by atoms with Gasteiger partial charge in [0.2, 0.25) is 0 Å². The van der Waals surface area contributed by atoms with E-state index in [0.717, 1.165) is 5.69 Å². The molecule has 0 aliphatic rings. The second kappa shape index (κ2) is 5.79. The molecule has 20 heavy (non-hydrogen) atoms. The van der Waals surface area contributed by atoms with Crippen molar-refractivity contribution in [2.75, 3.05) is 14.2 Å². The maximum Gasteiger partial charge on any atom is 0.259 e. The Morgan fingerprint density at radius 2 is 1.90 bits per heavy atom. The third kappa shape index (κ3) is 2.40. The lowest BCUT2D eigenvalue weighted by molar-refractivity contribution is 0.393. The molecule has 0 bridgehead atoms. The smallest absolute Gasteiger partial charge is 0.259 e. The zero-order valence-electron chi connectivity index (χ0n) is 11.8. The number of ether oxygens (including phenoxy) is 2. The standard InChI is InChI=1S/C15H18N2O3/c1-10-4-5-11(9-16)15(18)17(10)13-7-6-12(19-2)8-14(13)20-3/h4-8H,9,16H2,1-3H3. The summed E-state index contributed by atoms with van der Waals surface area (Å²) >= 11 is 0. The summed E-state index contributed by atoms with van der Waals surface area (Å²) < 4.78 is 12.1. The van der Waals surface area contributed by atoms with E-state index >= 15 is 0 Å². The molecule has 0 unspecified atom stereocenters. The third-order valence-corrected chi connectivity index (χ3v) is 3.20. The third-order valence-electron chi connectivity index (χ3n) is 3.20. The van der Waals surface area contributed by atoms with E-state index in [4.69, 9.17) is 15.2 Å². The van der Waals surface area contributed by atoms with Gasteiger partial charge in [0.25, 0.3) is 5.56 Å². The van der Waals surface area contributed by atoms with Crippen molar-refractivity contribution in [2.24, 2.45) is 5.73 Å². The molecule has 2 aromatic rings. The van der Waals surface area contributed by atoms with Crippen LogP contribution in [0.4, 0.5) is 0 Å². The summed E-state index contributed by atoms with van der Waals surface area (Å²) in [6, 6.07) is 8.96. The summed E-state index contributed by atoms with van der Waals surface area (Å²) in [5.74, 6) is 1.25. The topological polar surface area (TPSA) is 66.5 Å². The van der Waals surface area contributed by atoms with Crippen LogP contribution in [0.2, 0.25) is 0 Å². The summed E-state index contributed by atoms with van der Waals surface area (Å²) in [7, 11) is 3.15. The second-order valence-electron chi connectivity index (χ2n) is 4.38. The maximum absolute atomic E-state index is 12.4. The van der Waals surface area contributed by atoms with Crippen LogP contribution < -0.4 is 20.8 Å². The first-order valence-electron chi connectivity index (χ1n) is 6.26. The first kappa shape index (κ1) is 14.1. The number of nitrogens with two attached hydrogens (primary N) is 1. The van der Waals surface area contributed by atoms with Gasteiger partial charge in [-0.2, -0.15) is 0 Å². The van der Waals surface area contributed by atoms with Crippen molar-refractivity contribution in [2.45, 2.75) is 13.5 Å². The largest absolute Gasteiger partial charge is 0.497 e. The number of benzene rings is 1. The number of methoxy groups -OCH3 is 2. The van der Waals surface area contributed by atoms with Gasteiger partial charge in [-0.25, -0.2) is 0 Å². The lowest BCUT2D eigenvalue weighted by Gasteiger charge is -2.15. The normalized spacial score (nSPS) is 10.4. The van der Waals surface area contributed by atoms with Gasteiger partial charge in [-0.1, -0.05) is 6.07 Å². The van der Waals surface area contributed by atoms with Crippen molar-refractivity contribution in [1.82, 2.24) is 4.57 Å². The quantitative estimate of drug-likeness (QED) is 0.920. The number of rotatable bonds is 4. The van der Waals surface area contributed by atoms with Crippen LogP contribution in [0, 0.1) is 6.92 Å². The molecule has 0 spiro atoms. The van der Waals surface area contributed by atoms with E-state index in [-0.39, 0.29) is 12.1 Å². The Labute approximate surface area is 117 Å². The summed E-state index contributed by atoms with van der Waals surface area (Å²) in [5.41, 5.74) is 7.52. The van der Waals surface area contributed by atoms with Crippen molar-refractivity contribution in [3.05, 3.63) is 51.9 Å². The Hall–Kier alpha value is -2.27. The molecule has 5 nitrogen and oxygen atoms in total. The van der Waals surface area contributed by atoms with E-state index in [1.807, 2.05) is 13.0 Å². The van der Waals surface area contributed by atoms with Crippen molar-refractivity contribution in [3.8, 4) is 17.2 Å². The van der Waals surface area contributed by atoms with Crippen LogP contribution in [0.3, 0.4) is 0 Å². The zero-order valence-corrected chi connectivity index (χ0v) is 11.8. The molecule has 0 aliphatic heterocycles. The van der Waals surface area contributed by atoms with Crippen molar-refractivity contribution < 1.29 is 9.47 Å². The molecule has 0 radical (unpaired) electrons. The molecule has 1 aromatic heterocycles. The Morgan fingerprint density at radius 3 is 2.50 bits per heavy atom. The summed E-state index contributed by atoms with van der Waals surface area (Å²) in [6.45, 7) is 2.07. The Balaban J connectivity index is 2.71. The fraction of sp³-hybridized carbons (Fsp3) is 0.267. The van der Waals surface area contributed by atoms with Crippen molar-refractivity contribution in [3.63, 3.8) is 0 Å². The fourth-order valence-corrected chi connectivity index (χ4v) is 2.10. The van der Waals surface area contributed by atoms with Crippen molar-refractivity contribution >= 4 is 0 Å². The molecule has 106 valence electrons. The van der Waals surface area contributed by atoms with E-state index in [1.54, 1.807) is 43.1 Å². The molecule has 2 N–H and O–H groups in total. The molecule has 0 aliphatic carbocycles. The highest BCUT2D eigenvalue weighted by Crippen LogP contribution is 2.27. The highest BCUT2D eigenvalue weighted by molar-refractivity contribution is 5.52. The van der Waals surface area contributed by atoms with Crippen LogP contribution in [0.25, 0.3) is 5.69 Å². The minimum Gasteiger partial charge on any atom is -0.497 e. The zero-order chi connectivity index (χ0) is 14.7. The predicted octanol–water partition coefficient (Wildman–Crippen LogP) is 1.62. The van der Waals surface area contributed by atoms with Gasteiger partial charge in [-0.05, 0) is 25.1 Å². The van der Waals surface area contributed by atoms with Crippen LogP contribution >= 0.6 is 0 Å². The van der Waals surface area contributed by atoms with Gasteiger partial charge in [-0.3, -0.25) is 9.36 Å². The molecular formula is C15H18N2O3. The first-order chi connectivity index (χ1) is 9.62. The van der Waals surface area contributed by atoms with E-state index in [2.05, 4.69) is 0 Å². The van der Waals surface area contributed by atoms with Gasteiger partial charge in [0.15, 0.2) is 0 Å². The number of hydrogen-bond acceptors (Lipinski definition) is 4. The summed E-state index contributed by atoms with van der Waals surface area (Å²) in [6.07, 6.45) is 0. The van der Waals surface area contributed by atoms with E-state index in [9.17, 15) is 4.79 Å². The van der Waals surface area contributed by atoms with Gasteiger partial charge >= 0.3 is 0 Å². The summed E-state index contributed by atoms with van der Waals surface area (Å²) in [5, 5.41) is 0. The first-order valence-corrected chi connectivity index (χ1v) is 6.26. The lowest BCUT2D eigenvalue weighted by Crippen LogP contribution is -2.25. The number of pyridine rings is 1. The average molecular weight is 274 g/mol. The van der Waals surface area contributed by atoms with Crippen molar-refractivity contribution in [1.29, 1.82) is 0 Å². The molecule has 0 amide bonds. The molecule has 0 saturated carbocycles. The van der Waals surface area contributed by atoms with Gasteiger partial charge in [0.05, 0.1) is 19.9 Å². The van der Waals surface area contributed by atoms with E-state index in [1.165, 1.54) is 0 Å². The molecular weight excluding hydrogens is 256 g/mol. The van der Waals surface area contributed by atoms with Crippen LogP contribution in [0.15, 0.2) is 35.1 Å². The minimum atomic E-state index is -0.129. The highest BCUT2D eigenvalue weighted by atomic mass is 16.5. The highest BCUT2D eigenvalue weighted by Gasteiger charge is 2.12. The number of aryl methyl sites for hydroxylation is 1. The molecule has 0 atom stereocenters. The van der Waals surface area contributed by atoms with Gasteiger partial charge < -0.3 is 15.2 Å². The molecule has 0 fully saturated rings. The second-order valence-corrected chi connectivity index (χ2v) is 4.38. The lowest BCUT2D eigenvalue weighted by atomic mass is 10.2. The Morgan fingerprint density at radius 1 is 1.15 bits per heavy atom. The Kier molecular flexibility index (Phi) is 4.10.